The molecule has 0 bridgehead atoms. The summed E-state index contributed by atoms with van der Waals surface area (Å²) in [5, 5.41) is 2.93. The minimum Gasteiger partial charge on any atom is -0.408 e. The molecule has 0 atom stereocenters. The van der Waals surface area contributed by atoms with E-state index in [1.807, 2.05) is 50.2 Å². The van der Waals surface area contributed by atoms with Gasteiger partial charge in [0.15, 0.2) is 5.58 Å². The molecule has 3 aromatic rings. The Hall–Kier alpha value is -2.82. The molecule has 1 N–H and O–H groups in total. The van der Waals surface area contributed by atoms with Gasteiger partial charge in [0.2, 0.25) is 5.91 Å². The monoisotopic (exact) mass is 324 g/mol. The SMILES string of the molecule is Cc1cccc(NC(=O)CCCn2c(=O)oc3ccccc32)c1C. The van der Waals surface area contributed by atoms with Crippen LogP contribution < -0.4 is 11.1 Å². The molecule has 1 heterocycles. The average Bonchev–Trinajstić information content (AvgIpc) is 2.88. The number of oxazole rings is 1. The topological polar surface area (TPSA) is 64.2 Å². The molecule has 0 aliphatic heterocycles. The highest BCUT2D eigenvalue weighted by Gasteiger charge is 2.10. The lowest BCUT2D eigenvalue weighted by atomic mass is 10.1. The Morgan fingerprint density at radius 2 is 1.92 bits per heavy atom. The van der Waals surface area contributed by atoms with Crippen LogP contribution >= 0.6 is 0 Å². The summed E-state index contributed by atoms with van der Waals surface area (Å²) in [6, 6.07) is 13.1. The Morgan fingerprint density at radius 3 is 2.75 bits per heavy atom. The van der Waals surface area contributed by atoms with Crippen LogP contribution in [0.4, 0.5) is 5.69 Å². The third-order valence-corrected chi connectivity index (χ3v) is 4.24. The summed E-state index contributed by atoms with van der Waals surface area (Å²) in [6.07, 6.45) is 0.916. The summed E-state index contributed by atoms with van der Waals surface area (Å²) in [7, 11) is 0. The highest BCUT2D eigenvalue weighted by atomic mass is 16.4. The van der Waals surface area contributed by atoms with Crippen molar-refractivity contribution in [2.75, 3.05) is 5.32 Å². The van der Waals surface area contributed by atoms with E-state index in [-0.39, 0.29) is 11.7 Å². The molecule has 3 rings (SSSR count). The molecule has 0 radical (unpaired) electrons. The van der Waals surface area contributed by atoms with Crippen molar-refractivity contribution in [2.45, 2.75) is 33.2 Å². The number of nitrogens with one attached hydrogen (secondary N) is 1. The highest BCUT2D eigenvalue weighted by Crippen LogP contribution is 2.18. The van der Waals surface area contributed by atoms with Crippen molar-refractivity contribution in [3.8, 4) is 0 Å². The Morgan fingerprint density at radius 1 is 1.12 bits per heavy atom. The first kappa shape index (κ1) is 16.1. The van der Waals surface area contributed by atoms with Crippen molar-refractivity contribution in [1.29, 1.82) is 0 Å². The molecular weight excluding hydrogens is 304 g/mol. The average molecular weight is 324 g/mol. The van der Waals surface area contributed by atoms with Crippen molar-refractivity contribution in [3.63, 3.8) is 0 Å². The van der Waals surface area contributed by atoms with E-state index in [1.165, 1.54) is 0 Å². The van der Waals surface area contributed by atoms with Gasteiger partial charge in [0, 0.05) is 18.7 Å². The van der Waals surface area contributed by atoms with Gasteiger partial charge in [0.1, 0.15) is 0 Å². The Balaban J connectivity index is 1.62. The molecule has 0 saturated heterocycles. The van der Waals surface area contributed by atoms with E-state index in [1.54, 1.807) is 10.6 Å². The van der Waals surface area contributed by atoms with Gasteiger partial charge >= 0.3 is 5.76 Å². The van der Waals surface area contributed by atoms with Gasteiger partial charge in [-0.05, 0) is 49.6 Å². The van der Waals surface area contributed by atoms with Gasteiger partial charge in [-0.3, -0.25) is 9.36 Å². The molecule has 2 aromatic carbocycles. The second kappa shape index (κ2) is 6.74. The molecule has 0 spiro atoms. The fourth-order valence-electron chi connectivity index (χ4n) is 2.72. The fraction of sp³-hybridized carbons (Fsp3) is 0.263. The summed E-state index contributed by atoms with van der Waals surface area (Å²) in [5.41, 5.74) is 4.39. The van der Waals surface area contributed by atoms with Crippen molar-refractivity contribution < 1.29 is 9.21 Å². The maximum Gasteiger partial charge on any atom is 0.419 e. The first-order valence-corrected chi connectivity index (χ1v) is 8.00. The van der Waals surface area contributed by atoms with E-state index in [9.17, 15) is 9.59 Å². The number of fused-ring (bicyclic) bond motifs is 1. The zero-order valence-corrected chi connectivity index (χ0v) is 13.8. The van der Waals surface area contributed by atoms with Gasteiger partial charge in [-0.1, -0.05) is 24.3 Å². The van der Waals surface area contributed by atoms with E-state index >= 15 is 0 Å². The predicted octanol–water partition coefficient (Wildman–Crippen LogP) is 3.63. The van der Waals surface area contributed by atoms with Gasteiger partial charge in [0.05, 0.1) is 5.52 Å². The number of carbonyl (C=O) groups excluding carboxylic acids is 1. The quantitative estimate of drug-likeness (QED) is 0.779. The first-order valence-electron chi connectivity index (χ1n) is 8.00. The molecule has 0 saturated carbocycles. The third-order valence-electron chi connectivity index (χ3n) is 4.24. The Labute approximate surface area is 139 Å². The number of aromatic nitrogens is 1. The van der Waals surface area contributed by atoms with E-state index in [4.69, 9.17) is 4.42 Å². The second-order valence-electron chi connectivity index (χ2n) is 5.89. The van der Waals surface area contributed by atoms with Crippen molar-refractivity contribution >= 4 is 22.7 Å². The largest absolute Gasteiger partial charge is 0.419 e. The minimum atomic E-state index is -0.383. The fourth-order valence-corrected chi connectivity index (χ4v) is 2.72. The Kier molecular flexibility index (Phi) is 4.51. The van der Waals surface area contributed by atoms with Crippen LogP contribution in [0.2, 0.25) is 0 Å². The molecule has 124 valence electrons. The zero-order chi connectivity index (χ0) is 17.1. The summed E-state index contributed by atoms with van der Waals surface area (Å²) >= 11 is 0. The van der Waals surface area contributed by atoms with Crippen LogP contribution in [0.1, 0.15) is 24.0 Å². The van der Waals surface area contributed by atoms with Crippen LogP contribution in [0.5, 0.6) is 0 Å². The summed E-state index contributed by atoms with van der Waals surface area (Å²) in [6.45, 7) is 4.46. The van der Waals surface area contributed by atoms with Crippen LogP contribution in [0.25, 0.3) is 11.1 Å². The number of nitrogens with zero attached hydrogens (tertiary/aromatic N) is 1. The van der Waals surface area contributed by atoms with Crippen LogP contribution in [0, 0.1) is 13.8 Å². The molecular formula is C19H20N2O3. The van der Waals surface area contributed by atoms with Gasteiger partial charge < -0.3 is 9.73 Å². The standard InChI is InChI=1S/C19H20N2O3/c1-13-7-5-8-15(14(13)2)20-18(22)11-6-12-21-16-9-3-4-10-17(16)24-19(21)23/h3-5,7-10H,6,11-12H2,1-2H3,(H,20,22). The lowest BCUT2D eigenvalue weighted by Gasteiger charge is -2.10. The molecule has 24 heavy (non-hydrogen) atoms. The number of rotatable bonds is 5. The molecule has 1 aromatic heterocycles. The number of anilines is 1. The number of para-hydroxylation sites is 2. The maximum atomic E-state index is 12.1. The van der Waals surface area contributed by atoms with E-state index in [2.05, 4.69) is 5.32 Å². The lowest BCUT2D eigenvalue weighted by Crippen LogP contribution is -2.17. The molecule has 5 heteroatoms. The molecule has 5 nitrogen and oxygen atoms in total. The highest BCUT2D eigenvalue weighted by molar-refractivity contribution is 5.91. The molecule has 0 aliphatic rings. The zero-order valence-electron chi connectivity index (χ0n) is 13.8. The summed E-state index contributed by atoms with van der Waals surface area (Å²) in [5.74, 6) is -0.435. The Bertz CT molecular complexity index is 937. The molecule has 0 aliphatic carbocycles. The van der Waals surface area contributed by atoms with Gasteiger partial charge in [-0.2, -0.15) is 0 Å². The van der Waals surface area contributed by atoms with Crippen LogP contribution in [0.3, 0.4) is 0 Å². The maximum absolute atomic E-state index is 12.1. The number of carbonyl (C=O) groups is 1. The molecule has 0 unspecified atom stereocenters. The number of benzene rings is 2. The summed E-state index contributed by atoms with van der Waals surface area (Å²) < 4.78 is 6.76. The van der Waals surface area contributed by atoms with Gasteiger partial charge in [0.25, 0.3) is 0 Å². The van der Waals surface area contributed by atoms with Gasteiger partial charge in [-0.15, -0.1) is 0 Å². The number of hydrogen-bond donors (Lipinski definition) is 1. The number of hydrogen-bond acceptors (Lipinski definition) is 3. The van der Waals surface area contributed by atoms with E-state index in [0.29, 0.717) is 25.0 Å². The minimum absolute atomic E-state index is 0.0513. The van der Waals surface area contributed by atoms with E-state index < -0.39 is 0 Å². The van der Waals surface area contributed by atoms with E-state index in [0.717, 1.165) is 22.3 Å². The molecule has 1 amide bonds. The van der Waals surface area contributed by atoms with Crippen LogP contribution in [-0.2, 0) is 11.3 Å². The van der Waals surface area contributed by atoms with Crippen LogP contribution in [-0.4, -0.2) is 10.5 Å². The third kappa shape index (κ3) is 3.25. The predicted molar refractivity (Wildman–Crippen MR) is 94.3 cm³/mol. The number of aryl methyl sites for hydroxylation is 2. The lowest BCUT2D eigenvalue weighted by molar-refractivity contribution is -0.116. The smallest absolute Gasteiger partial charge is 0.408 e. The first-order chi connectivity index (χ1) is 11.6. The molecule has 0 fully saturated rings. The van der Waals surface area contributed by atoms with Crippen LogP contribution in [0.15, 0.2) is 51.7 Å². The summed E-state index contributed by atoms with van der Waals surface area (Å²) in [4.78, 5) is 24.0. The second-order valence-corrected chi connectivity index (χ2v) is 5.89. The van der Waals surface area contributed by atoms with Crippen molar-refractivity contribution in [3.05, 3.63) is 64.1 Å². The number of amides is 1. The normalized spacial score (nSPS) is 10.9. The van der Waals surface area contributed by atoms with Crippen molar-refractivity contribution in [1.82, 2.24) is 4.57 Å². The van der Waals surface area contributed by atoms with Crippen molar-refractivity contribution in [2.24, 2.45) is 0 Å². The van der Waals surface area contributed by atoms with Gasteiger partial charge in [-0.25, -0.2) is 4.79 Å².